The molecule has 0 spiro atoms. The van der Waals surface area contributed by atoms with Crippen LogP contribution in [-0.2, 0) is 0 Å². The Morgan fingerprint density at radius 1 is 0.677 bits per heavy atom. The van der Waals surface area contributed by atoms with Gasteiger partial charge in [0.2, 0.25) is 0 Å². The Balaban J connectivity index is 1.54. The molecule has 6 heteroatoms. The summed E-state index contributed by atoms with van der Waals surface area (Å²) >= 11 is 0. The summed E-state index contributed by atoms with van der Waals surface area (Å²) in [7, 11) is 0. The number of nitrogens with one attached hydrogen (secondary N) is 2. The first-order valence-electron chi connectivity index (χ1n) is 10.3. The fourth-order valence-corrected chi connectivity index (χ4v) is 3.15. The van der Waals surface area contributed by atoms with Crippen LogP contribution in [0.4, 0.5) is 11.6 Å². The number of aromatic amines is 2. The zero-order chi connectivity index (χ0) is 21.8. The highest BCUT2D eigenvalue weighted by Gasteiger charge is 2.26. The Kier molecular flexibility index (Phi) is 5.62. The molecule has 0 atom stereocenters. The van der Waals surface area contributed by atoms with E-state index >= 15 is 0 Å². The van der Waals surface area contributed by atoms with E-state index in [0.29, 0.717) is 11.6 Å². The van der Waals surface area contributed by atoms with Crippen molar-refractivity contribution in [3.05, 3.63) is 72.8 Å². The fourth-order valence-electron chi connectivity index (χ4n) is 3.15. The lowest BCUT2D eigenvalue weighted by molar-refractivity contribution is 0.717. The maximum atomic E-state index is 4.76. The Morgan fingerprint density at radius 2 is 1.06 bits per heavy atom. The molecule has 31 heavy (non-hydrogen) atoms. The number of hydrogen-bond donors (Lipinski definition) is 2. The van der Waals surface area contributed by atoms with Crippen LogP contribution >= 0.6 is 0 Å². The van der Waals surface area contributed by atoms with Crippen LogP contribution in [0.1, 0.15) is 27.7 Å². The summed E-state index contributed by atoms with van der Waals surface area (Å²) in [5, 5.41) is 14.8. The minimum atomic E-state index is -0.349. The molecule has 2 N–H and O–H groups in total. The molecule has 0 aliphatic heterocycles. The van der Waals surface area contributed by atoms with E-state index in [4.69, 9.17) is 9.98 Å². The molecule has 2 aromatic carbocycles. The molecule has 0 radical (unpaired) electrons. The lowest BCUT2D eigenvalue weighted by Gasteiger charge is -2.24. The molecule has 4 aromatic rings. The number of hydrogen-bond acceptors (Lipinski definition) is 4. The number of aromatic nitrogens is 4. The van der Waals surface area contributed by atoms with Gasteiger partial charge in [-0.3, -0.25) is 10.2 Å². The molecule has 0 amide bonds. The van der Waals surface area contributed by atoms with Gasteiger partial charge in [0.1, 0.15) is 0 Å². The second kappa shape index (κ2) is 8.52. The van der Waals surface area contributed by atoms with E-state index in [1.165, 1.54) is 0 Å². The van der Waals surface area contributed by atoms with Crippen molar-refractivity contribution in [3.8, 4) is 22.5 Å². The van der Waals surface area contributed by atoms with Crippen molar-refractivity contribution in [1.82, 2.24) is 20.4 Å². The normalized spacial score (nSPS) is 12.9. The van der Waals surface area contributed by atoms with Crippen molar-refractivity contribution >= 4 is 23.1 Å². The number of rotatable bonds is 6. The summed E-state index contributed by atoms with van der Waals surface area (Å²) in [6, 6.07) is 24.1. The molecule has 0 saturated carbocycles. The predicted octanol–water partition coefficient (Wildman–Crippen LogP) is 6.38. The number of aliphatic imine (C=N–C) groups is 2. The monoisotopic (exact) mass is 410 g/mol. The third-order valence-corrected chi connectivity index (χ3v) is 5.67. The molecule has 6 nitrogen and oxygen atoms in total. The van der Waals surface area contributed by atoms with E-state index in [2.05, 4.69) is 34.2 Å². The first-order chi connectivity index (χ1) is 14.9. The van der Waals surface area contributed by atoms with Gasteiger partial charge < -0.3 is 0 Å². The van der Waals surface area contributed by atoms with Crippen LogP contribution in [0.25, 0.3) is 22.5 Å². The largest absolute Gasteiger partial charge is 0.276 e. The Labute approximate surface area is 182 Å². The van der Waals surface area contributed by atoms with Crippen LogP contribution in [0.15, 0.2) is 82.8 Å². The van der Waals surface area contributed by atoms with Gasteiger partial charge in [-0.1, -0.05) is 60.7 Å². The Bertz CT molecular complexity index is 1120. The van der Waals surface area contributed by atoms with Crippen molar-refractivity contribution in [2.45, 2.75) is 27.7 Å². The summed E-state index contributed by atoms with van der Waals surface area (Å²) in [6.45, 7) is 8.24. The second-order valence-corrected chi connectivity index (χ2v) is 8.03. The Morgan fingerprint density at radius 3 is 1.45 bits per heavy atom. The van der Waals surface area contributed by atoms with Gasteiger partial charge in [0.15, 0.2) is 11.6 Å². The highest BCUT2D eigenvalue weighted by atomic mass is 15.2. The molecule has 0 aliphatic carbocycles. The molecular formula is C25H26N6. The van der Waals surface area contributed by atoms with E-state index in [9.17, 15) is 0 Å². The number of H-pyrrole nitrogens is 2. The van der Waals surface area contributed by atoms with Gasteiger partial charge in [-0.2, -0.15) is 10.2 Å². The first kappa shape index (κ1) is 20.5. The van der Waals surface area contributed by atoms with E-state index in [1.807, 2.05) is 86.6 Å². The topological polar surface area (TPSA) is 82.1 Å². The smallest absolute Gasteiger partial charge is 0.174 e. The van der Waals surface area contributed by atoms with Crippen LogP contribution in [-0.4, -0.2) is 31.8 Å². The minimum Gasteiger partial charge on any atom is -0.276 e. The molecule has 4 rings (SSSR count). The molecular weight excluding hydrogens is 384 g/mol. The van der Waals surface area contributed by atoms with Crippen molar-refractivity contribution in [2.24, 2.45) is 15.4 Å². The summed E-state index contributed by atoms with van der Waals surface area (Å²) in [4.78, 5) is 9.52. The molecule has 0 saturated heterocycles. The van der Waals surface area contributed by atoms with Gasteiger partial charge >= 0.3 is 0 Å². The highest BCUT2D eigenvalue weighted by molar-refractivity contribution is 6.10. The molecule has 0 bridgehead atoms. The lowest BCUT2D eigenvalue weighted by Crippen LogP contribution is -2.29. The van der Waals surface area contributed by atoms with E-state index in [-0.39, 0.29) is 5.41 Å². The summed E-state index contributed by atoms with van der Waals surface area (Å²) in [5.74, 6) is 1.31. The zero-order valence-electron chi connectivity index (χ0n) is 18.2. The highest BCUT2D eigenvalue weighted by Crippen LogP contribution is 2.28. The van der Waals surface area contributed by atoms with Crippen LogP contribution < -0.4 is 0 Å². The van der Waals surface area contributed by atoms with Gasteiger partial charge in [-0.25, -0.2) is 9.98 Å². The van der Waals surface area contributed by atoms with Crippen molar-refractivity contribution in [1.29, 1.82) is 0 Å². The average molecular weight is 411 g/mol. The lowest BCUT2D eigenvalue weighted by atomic mass is 9.83. The minimum absolute atomic E-state index is 0.349. The Hall–Kier alpha value is -3.80. The van der Waals surface area contributed by atoms with E-state index in [0.717, 1.165) is 33.9 Å². The third kappa shape index (κ3) is 4.53. The third-order valence-electron chi connectivity index (χ3n) is 5.67. The molecule has 0 unspecified atom stereocenters. The number of nitrogens with zero attached hydrogens (tertiary/aromatic N) is 4. The standard InChI is InChI=1S/C25H26N6/c1-17(26-23-15-21(28-30-23)19-11-7-5-8-12-19)25(3,4)18(2)27-24-16-22(29-31-24)20-13-9-6-10-14-20/h5-16H,1-4H3,(H,28,30)(H,29,31). The summed E-state index contributed by atoms with van der Waals surface area (Å²) in [5.41, 5.74) is 5.56. The summed E-state index contributed by atoms with van der Waals surface area (Å²) in [6.07, 6.45) is 0. The van der Waals surface area contributed by atoms with Crippen molar-refractivity contribution < 1.29 is 0 Å². The molecule has 156 valence electrons. The fraction of sp³-hybridized carbons (Fsp3) is 0.200. The maximum Gasteiger partial charge on any atom is 0.174 e. The SMILES string of the molecule is CC(=Nc1cc(-c2ccccc2)[nH]n1)C(C)(C)C(C)=Nc1cc(-c2ccccc2)[nH]n1. The second-order valence-electron chi connectivity index (χ2n) is 8.03. The van der Waals surface area contributed by atoms with Gasteiger partial charge in [-0.15, -0.1) is 0 Å². The number of benzene rings is 2. The van der Waals surface area contributed by atoms with Gasteiger partial charge in [-0.05, 0) is 38.8 Å². The maximum absolute atomic E-state index is 4.76. The first-order valence-corrected chi connectivity index (χ1v) is 10.3. The molecule has 0 aliphatic rings. The van der Waals surface area contributed by atoms with Crippen LogP contribution in [0, 0.1) is 5.41 Å². The predicted molar refractivity (Wildman–Crippen MR) is 127 cm³/mol. The van der Waals surface area contributed by atoms with E-state index < -0.39 is 0 Å². The summed E-state index contributed by atoms with van der Waals surface area (Å²) < 4.78 is 0. The van der Waals surface area contributed by atoms with E-state index in [1.54, 1.807) is 0 Å². The zero-order valence-corrected chi connectivity index (χ0v) is 18.2. The molecule has 2 heterocycles. The van der Waals surface area contributed by atoms with Gasteiger partial charge in [0.25, 0.3) is 0 Å². The quantitative estimate of drug-likeness (QED) is 0.362. The molecule has 2 aromatic heterocycles. The van der Waals surface area contributed by atoms with Gasteiger partial charge in [0, 0.05) is 29.0 Å². The van der Waals surface area contributed by atoms with Crippen LogP contribution in [0.2, 0.25) is 0 Å². The van der Waals surface area contributed by atoms with Crippen molar-refractivity contribution in [3.63, 3.8) is 0 Å². The molecule has 0 fully saturated rings. The van der Waals surface area contributed by atoms with Crippen LogP contribution in [0.5, 0.6) is 0 Å². The average Bonchev–Trinajstić information content (AvgIpc) is 3.45. The van der Waals surface area contributed by atoms with Gasteiger partial charge in [0.05, 0.1) is 11.4 Å². The van der Waals surface area contributed by atoms with Crippen molar-refractivity contribution in [2.75, 3.05) is 0 Å². The van der Waals surface area contributed by atoms with Crippen LogP contribution in [0.3, 0.4) is 0 Å².